The predicted octanol–water partition coefficient (Wildman–Crippen LogP) is 3.84. The van der Waals surface area contributed by atoms with Gasteiger partial charge in [-0.1, -0.05) is 46.6 Å². The van der Waals surface area contributed by atoms with E-state index in [0.29, 0.717) is 0 Å². The van der Waals surface area contributed by atoms with E-state index >= 15 is 0 Å². The molecule has 0 bridgehead atoms. The van der Waals surface area contributed by atoms with Gasteiger partial charge in [0.25, 0.3) is 0 Å². The fourth-order valence-electron chi connectivity index (χ4n) is 2.51. The molecule has 0 heterocycles. The van der Waals surface area contributed by atoms with Crippen molar-refractivity contribution < 1.29 is 14.0 Å². The third-order valence-corrected chi connectivity index (χ3v) is 8.40. The summed E-state index contributed by atoms with van der Waals surface area (Å²) in [5.41, 5.74) is -0.0436. The number of hydrogen-bond donors (Lipinski definition) is 0. The zero-order valence-corrected chi connectivity index (χ0v) is 13.3. The van der Waals surface area contributed by atoms with Crippen molar-refractivity contribution in [3.63, 3.8) is 0 Å². The molecule has 0 amide bonds. The number of hydrogen-bond acceptors (Lipinski definition) is 3. The van der Waals surface area contributed by atoms with Gasteiger partial charge in [-0.15, -0.1) is 0 Å². The molecule has 0 N–H and O–H groups in total. The lowest BCUT2D eigenvalue weighted by molar-refractivity contribution is -0.140. The fourth-order valence-corrected chi connectivity index (χ4v) is 6.91. The molecule has 3 nitrogen and oxygen atoms in total. The molecule has 1 atom stereocenters. The van der Waals surface area contributed by atoms with Crippen LogP contribution in [0, 0.1) is 0 Å². The molecule has 4 heteroatoms. The second kappa shape index (κ2) is 9.33. The number of ether oxygens (including phenoxy) is 1. The van der Waals surface area contributed by atoms with Crippen molar-refractivity contribution in [2.75, 3.05) is 7.11 Å². The van der Waals surface area contributed by atoms with E-state index < -0.39 is 8.32 Å². The quantitative estimate of drug-likeness (QED) is 0.344. The lowest BCUT2D eigenvalue weighted by Gasteiger charge is -2.36. The Bertz CT molecular complexity index is 247. The van der Waals surface area contributed by atoms with Gasteiger partial charge in [-0.2, -0.15) is 0 Å². The summed E-state index contributed by atoms with van der Waals surface area (Å²) < 4.78 is 11.5. The van der Waals surface area contributed by atoms with Crippen LogP contribution < -0.4 is 0 Å². The minimum atomic E-state index is -1.99. The smallest absolute Gasteiger partial charge is 0.330 e. The van der Waals surface area contributed by atoms with Crippen LogP contribution in [0.2, 0.25) is 12.1 Å². The van der Waals surface area contributed by atoms with E-state index in [9.17, 15) is 4.79 Å². The molecule has 0 saturated heterocycles. The van der Waals surface area contributed by atoms with Crippen molar-refractivity contribution in [2.45, 2.75) is 64.3 Å². The Morgan fingerprint density at radius 2 is 1.78 bits per heavy atom. The maximum Gasteiger partial charge on any atom is 0.330 e. The van der Waals surface area contributed by atoms with Crippen LogP contribution in [0.15, 0.2) is 12.7 Å². The van der Waals surface area contributed by atoms with E-state index in [0.717, 1.165) is 37.8 Å². The highest BCUT2D eigenvalue weighted by Gasteiger charge is 2.43. The van der Waals surface area contributed by atoms with Gasteiger partial charge in [0.05, 0.1) is 0 Å². The highest BCUT2D eigenvalue weighted by Crippen LogP contribution is 2.29. The summed E-state index contributed by atoms with van der Waals surface area (Å²) in [5.74, 6) is -0.324. The van der Waals surface area contributed by atoms with Crippen molar-refractivity contribution in [1.82, 2.24) is 0 Å². The van der Waals surface area contributed by atoms with Gasteiger partial charge in [0, 0.05) is 13.2 Å². The van der Waals surface area contributed by atoms with E-state index in [4.69, 9.17) is 9.16 Å². The van der Waals surface area contributed by atoms with Gasteiger partial charge in [-0.25, -0.2) is 4.79 Å². The summed E-state index contributed by atoms with van der Waals surface area (Å²) in [6.07, 6.45) is 5.29. The highest BCUT2D eigenvalue weighted by atomic mass is 28.4. The van der Waals surface area contributed by atoms with Crippen LogP contribution in [-0.2, 0) is 14.0 Å². The van der Waals surface area contributed by atoms with Crippen molar-refractivity contribution >= 4 is 14.3 Å². The Kier molecular flexibility index (Phi) is 9.02. The molecule has 0 radical (unpaired) electrons. The maximum atomic E-state index is 11.5. The monoisotopic (exact) mass is 272 g/mol. The lowest BCUT2D eigenvalue weighted by Crippen LogP contribution is -2.51. The van der Waals surface area contributed by atoms with Crippen LogP contribution in [-0.4, -0.2) is 27.1 Å². The maximum absolute atomic E-state index is 11.5. The summed E-state index contributed by atoms with van der Waals surface area (Å²) in [7, 11) is -0.210. The molecule has 0 aromatic heterocycles. The van der Waals surface area contributed by atoms with Crippen LogP contribution >= 0.6 is 0 Å². The number of carbonyl (C=O) groups is 1. The first kappa shape index (κ1) is 17.4. The van der Waals surface area contributed by atoms with Crippen molar-refractivity contribution in [3.05, 3.63) is 12.7 Å². The first-order chi connectivity index (χ1) is 8.60. The van der Waals surface area contributed by atoms with Gasteiger partial charge in [0.1, 0.15) is 5.73 Å². The molecule has 106 valence electrons. The van der Waals surface area contributed by atoms with Crippen LogP contribution in [0.4, 0.5) is 0 Å². The molecule has 1 unspecified atom stereocenters. The molecule has 0 aromatic carbocycles. The minimum absolute atomic E-state index is 0.0436. The number of carbonyl (C=O) groups excluding carboxylic acids is 1. The molecule has 0 fully saturated rings. The minimum Gasteiger partial charge on any atom is -0.460 e. The SMILES string of the molecule is C=CC(=O)OC(CCC)[Si](CCC)(CCC)OC. The van der Waals surface area contributed by atoms with Crippen molar-refractivity contribution in [2.24, 2.45) is 0 Å². The number of rotatable bonds is 10. The standard InChI is InChI=1S/C14H28O3Si/c1-6-10-14(17-13(15)9-4)18(16-5,11-7-2)12-8-3/h9,14H,4,6-8,10-12H2,1-3,5H3. The number of esters is 1. The van der Waals surface area contributed by atoms with Gasteiger partial charge >= 0.3 is 5.97 Å². The van der Waals surface area contributed by atoms with Gasteiger partial charge in [-0.05, 0) is 18.5 Å². The molecule has 0 aliphatic rings. The van der Waals surface area contributed by atoms with E-state index in [-0.39, 0.29) is 11.7 Å². The van der Waals surface area contributed by atoms with E-state index in [2.05, 4.69) is 27.4 Å². The molecular weight excluding hydrogens is 244 g/mol. The Labute approximate surface area is 113 Å². The third kappa shape index (κ3) is 4.94. The Hall–Kier alpha value is -0.613. The summed E-state index contributed by atoms with van der Waals surface area (Å²) in [5, 5.41) is 0. The van der Waals surface area contributed by atoms with Gasteiger partial charge in [0.2, 0.25) is 8.32 Å². The normalized spacial score (nSPS) is 13.1. The van der Waals surface area contributed by atoms with Gasteiger partial charge < -0.3 is 9.16 Å². The molecule has 0 saturated carbocycles. The van der Waals surface area contributed by atoms with Crippen LogP contribution in [0.3, 0.4) is 0 Å². The Balaban J connectivity index is 5.03. The Morgan fingerprint density at radius 3 is 2.11 bits per heavy atom. The van der Waals surface area contributed by atoms with E-state index in [1.54, 1.807) is 7.11 Å². The molecule has 0 aromatic rings. The lowest BCUT2D eigenvalue weighted by atomic mass is 10.3. The summed E-state index contributed by atoms with van der Waals surface area (Å²) in [4.78, 5) is 11.5. The first-order valence-corrected chi connectivity index (χ1v) is 9.38. The van der Waals surface area contributed by atoms with E-state index in [1.165, 1.54) is 6.08 Å². The second-order valence-electron chi connectivity index (χ2n) is 4.69. The average Bonchev–Trinajstić information content (AvgIpc) is 2.37. The fraction of sp³-hybridized carbons (Fsp3) is 0.786. The largest absolute Gasteiger partial charge is 0.460 e. The Morgan fingerprint density at radius 1 is 1.22 bits per heavy atom. The van der Waals surface area contributed by atoms with E-state index in [1.807, 2.05) is 0 Å². The molecule has 18 heavy (non-hydrogen) atoms. The van der Waals surface area contributed by atoms with Crippen LogP contribution in [0.25, 0.3) is 0 Å². The second-order valence-corrected chi connectivity index (χ2v) is 8.87. The summed E-state index contributed by atoms with van der Waals surface area (Å²) >= 11 is 0. The topological polar surface area (TPSA) is 35.5 Å². The first-order valence-electron chi connectivity index (χ1n) is 6.98. The summed E-state index contributed by atoms with van der Waals surface area (Å²) in [6.45, 7) is 9.91. The molecule has 0 spiro atoms. The predicted molar refractivity (Wildman–Crippen MR) is 77.9 cm³/mol. The van der Waals surface area contributed by atoms with Crippen molar-refractivity contribution in [3.8, 4) is 0 Å². The van der Waals surface area contributed by atoms with Crippen molar-refractivity contribution in [1.29, 1.82) is 0 Å². The highest BCUT2D eigenvalue weighted by molar-refractivity contribution is 6.75. The molecule has 0 rings (SSSR count). The average molecular weight is 272 g/mol. The van der Waals surface area contributed by atoms with Gasteiger partial charge in [0.15, 0.2) is 0 Å². The van der Waals surface area contributed by atoms with Crippen LogP contribution in [0.1, 0.15) is 46.5 Å². The summed E-state index contributed by atoms with van der Waals surface area (Å²) in [6, 6.07) is 2.10. The molecule has 0 aliphatic heterocycles. The zero-order chi connectivity index (χ0) is 14.0. The molecular formula is C14H28O3Si. The van der Waals surface area contributed by atoms with Crippen LogP contribution in [0.5, 0.6) is 0 Å². The van der Waals surface area contributed by atoms with Gasteiger partial charge in [-0.3, -0.25) is 0 Å². The third-order valence-electron chi connectivity index (χ3n) is 3.32. The molecule has 0 aliphatic carbocycles. The zero-order valence-electron chi connectivity index (χ0n) is 12.3.